The summed E-state index contributed by atoms with van der Waals surface area (Å²) < 4.78 is 4.32. The summed E-state index contributed by atoms with van der Waals surface area (Å²) in [6, 6.07) is 16.5. The van der Waals surface area contributed by atoms with Crippen LogP contribution in [0.25, 0.3) is 0 Å². The molecule has 1 aromatic carbocycles. The van der Waals surface area contributed by atoms with Gasteiger partial charge in [-0.25, -0.2) is 9.13 Å². The average Bonchev–Trinajstić information content (AvgIpc) is 2.96. The van der Waals surface area contributed by atoms with E-state index in [0.29, 0.717) is 0 Å². The predicted molar refractivity (Wildman–Crippen MR) is 99.2 cm³/mol. The maximum atomic E-state index is 5.07. The van der Waals surface area contributed by atoms with Crippen LogP contribution >= 0.6 is 40.9 Å². The van der Waals surface area contributed by atoms with Crippen molar-refractivity contribution >= 4 is 40.9 Å². The van der Waals surface area contributed by atoms with Crippen LogP contribution in [0.1, 0.15) is 11.3 Å². The molecule has 0 N–H and O–H groups in total. The van der Waals surface area contributed by atoms with Crippen molar-refractivity contribution in [1.29, 1.82) is 0 Å². The van der Waals surface area contributed by atoms with Gasteiger partial charge in [-0.2, -0.15) is 0 Å². The normalized spacial score (nSPS) is 10.7. The number of aromatic nitrogens is 3. The summed E-state index contributed by atoms with van der Waals surface area (Å²) >= 11 is 1.92. The van der Waals surface area contributed by atoms with Crippen LogP contribution in [0, 0.1) is 0 Å². The molecule has 0 amide bonds. The third-order valence-electron chi connectivity index (χ3n) is 3.02. The van der Waals surface area contributed by atoms with Crippen molar-refractivity contribution in [2.75, 3.05) is 0 Å². The SMILES string of the molecule is [Cl][Ni-]([Cl])[I].c1ccc(C[n+]2ccn(Cc3ccccn3)c2)cc1. The van der Waals surface area contributed by atoms with Crippen LogP contribution in [0.15, 0.2) is 73.4 Å². The smallest absolute Gasteiger partial charge is 0.244 e. The van der Waals surface area contributed by atoms with Crippen molar-refractivity contribution in [3.63, 3.8) is 0 Å². The molecule has 0 radical (unpaired) electrons. The molecular weight excluding hydrogens is 491 g/mol. The zero-order valence-electron chi connectivity index (χ0n) is 12.1. The molecule has 3 nitrogen and oxygen atoms in total. The number of rotatable bonds is 4. The average molecular weight is 507 g/mol. The quantitative estimate of drug-likeness (QED) is 0.289. The van der Waals surface area contributed by atoms with Crippen LogP contribution in [0.2, 0.25) is 0 Å². The standard InChI is InChI=1S/C16H16N3.2ClH.HI.Ni/c1-2-6-15(7-3-1)12-18-10-11-19(14-18)13-16-8-4-5-9-17-16;;;;/h1-11,14H,12-13H2;3*1H;/q+1;;;;+2/p-3. The Morgan fingerprint density at radius 3 is 2.43 bits per heavy atom. The maximum Gasteiger partial charge on any atom is 0.244 e. The van der Waals surface area contributed by atoms with E-state index in [4.69, 9.17) is 20.4 Å². The Labute approximate surface area is 160 Å². The van der Waals surface area contributed by atoms with Gasteiger partial charge >= 0.3 is 49.3 Å². The number of halogens is 3. The summed E-state index contributed by atoms with van der Waals surface area (Å²) in [6.45, 7) is 1.71. The Balaban J connectivity index is 0.000000433. The first-order chi connectivity index (χ1) is 11.1. The molecule has 0 spiro atoms. The molecule has 0 bridgehead atoms. The summed E-state index contributed by atoms with van der Waals surface area (Å²) in [5.74, 6) is 0. The topological polar surface area (TPSA) is 21.7 Å². The first-order valence-electron chi connectivity index (χ1n) is 6.75. The molecule has 0 atom stereocenters. The minimum Gasteiger partial charge on any atom is -0.257 e. The van der Waals surface area contributed by atoms with Gasteiger partial charge in [-0.3, -0.25) is 4.98 Å². The Kier molecular flexibility index (Phi) is 8.37. The molecule has 23 heavy (non-hydrogen) atoms. The van der Waals surface area contributed by atoms with Crippen molar-refractivity contribution in [2.45, 2.75) is 13.1 Å². The Bertz CT molecular complexity index is 634. The molecule has 0 fully saturated rings. The van der Waals surface area contributed by atoms with E-state index in [2.05, 4.69) is 57.1 Å². The zero-order valence-corrected chi connectivity index (χ0v) is 16.8. The van der Waals surface area contributed by atoms with Gasteiger partial charge in [0.1, 0.15) is 25.5 Å². The number of nitrogens with zero attached hydrogens (tertiary/aromatic N) is 3. The molecule has 0 aliphatic heterocycles. The molecule has 126 valence electrons. The number of pyridine rings is 1. The van der Waals surface area contributed by atoms with Crippen LogP contribution in [0.5, 0.6) is 0 Å². The van der Waals surface area contributed by atoms with E-state index in [-0.39, 0.29) is 0 Å². The molecule has 0 saturated carbocycles. The Morgan fingerprint density at radius 1 is 1.09 bits per heavy atom. The van der Waals surface area contributed by atoms with E-state index < -0.39 is 8.44 Å². The van der Waals surface area contributed by atoms with Gasteiger partial charge in [0.15, 0.2) is 0 Å². The second-order valence-electron chi connectivity index (χ2n) is 4.70. The van der Waals surface area contributed by atoms with Gasteiger partial charge in [-0.05, 0) is 17.7 Å². The third-order valence-corrected chi connectivity index (χ3v) is 3.02. The monoisotopic (exact) mass is 505 g/mol. The summed E-state index contributed by atoms with van der Waals surface area (Å²) in [6.07, 6.45) is 8.12. The molecule has 0 saturated heterocycles. The molecule has 3 aromatic rings. The molecule has 3 rings (SSSR count). The van der Waals surface area contributed by atoms with Crippen molar-refractivity contribution in [3.8, 4) is 0 Å². The van der Waals surface area contributed by atoms with Crippen molar-refractivity contribution < 1.29 is 13.0 Å². The van der Waals surface area contributed by atoms with Gasteiger partial charge < -0.3 is 0 Å². The Hall–Kier alpha value is -0.616. The van der Waals surface area contributed by atoms with E-state index in [9.17, 15) is 0 Å². The molecule has 2 aromatic heterocycles. The summed E-state index contributed by atoms with van der Waals surface area (Å²) in [5, 5.41) is 0. The van der Waals surface area contributed by atoms with Crippen molar-refractivity contribution in [3.05, 3.63) is 84.7 Å². The number of benzene rings is 1. The first-order valence-corrected chi connectivity index (χ1v) is 12.6. The van der Waals surface area contributed by atoms with Gasteiger partial charge in [-0.1, -0.05) is 36.4 Å². The fraction of sp³-hybridized carbons (Fsp3) is 0.125. The molecule has 7 heteroatoms. The van der Waals surface area contributed by atoms with E-state index in [1.54, 1.807) is 0 Å². The van der Waals surface area contributed by atoms with Gasteiger partial charge in [-0.15, -0.1) is 0 Å². The minimum absolute atomic E-state index is 0.544. The van der Waals surface area contributed by atoms with Gasteiger partial charge in [0.2, 0.25) is 6.33 Å². The zero-order chi connectivity index (χ0) is 16.5. The van der Waals surface area contributed by atoms with Crippen LogP contribution < -0.4 is 4.57 Å². The van der Waals surface area contributed by atoms with Crippen LogP contribution in [0.4, 0.5) is 0 Å². The van der Waals surface area contributed by atoms with Crippen LogP contribution in [-0.4, -0.2) is 9.55 Å². The number of imidazole rings is 1. The van der Waals surface area contributed by atoms with E-state index in [1.807, 2.05) is 50.9 Å². The van der Waals surface area contributed by atoms with Crippen LogP contribution in [0.3, 0.4) is 0 Å². The fourth-order valence-corrected chi connectivity index (χ4v) is 2.10. The summed E-state index contributed by atoms with van der Waals surface area (Å²) in [4.78, 5) is 4.34. The van der Waals surface area contributed by atoms with Crippen molar-refractivity contribution in [1.82, 2.24) is 9.55 Å². The summed E-state index contributed by atoms with van der Waals surface area (Å²) in [5.41, 5.74) is 2.38. The fourth-order valence-electron chi connectivity index (χ4n) is 2.10. The Morgan fingerprint density at radius 2 is 1.78 bits per heavy atom. The summed E-state index contributed by atoms with van der Waals surface area (Å²) in [7, 11) is 9.59. The van der Waals surface area contributed by atoms with E-state index in [1.165, 1.54) is 5.56 Å². The maximum absolute atomic E-state index is 5.07. The second kappa shape index (κ2) is 10.3. The van der Waals surface area contributed by atoms with Crippen LogP contribution in [-0.2, 0) is 21.5 Å². The molecule has 0 aliphatic rings. The van der Waals surface area contributed by atoms with Gasteiger partial charge in [0, 0.05) is 6.20 Å². The third kappa shape index (κ3) is 7.66. The molecule has 2 heterocycles. The van der Waals surface area contributed by atoms with E-state index in [0.717, 1.165) is 18.8 Å². The van der Waals surface area contributed by atoms with Gasteiger partial charge in [0.25, 0.3) is 0 Å². The largest absolute Gasteiger partial charge is 0.257 e. The minimum atomic E-state index is -0.544. The predicted octanol–water partition coefficient (Wildman–Crippen LogP) is 4.53. The molecular formula is C16H16Cl2IN3Ni. The second-order valence-corrected chi connectivity index (χ2v) is 13.7. The van der Waals surface area contributed by atoms with Gasteiger partial charge in [0.05, 0.1) is 5.69 Å². The number of hydrogen-bond acceptors (Lipinski definition) is 1. The first kappa shape index (κ1) is 18.7. The van der Waals surface area contributed by atoms with Crippen molar-refractivity contribution in [2.24, 2.45) is 0 Å². The number of hydrogen-bond donors (Lipinski definition) is 0. The van der Waals surface area contributed by atoms with E-state index >= 15 is 0 Å². The molecule has 0 aliphatic carbocycles. The molecule has 0 unspecified atom stereocenters.